The normalized spacial score (nSPS) is 10.5. The van der Waals surface area contributed by atoms with Crippen LogP contribution in [0.5, 0.6) is 0 Å². The average molecular weight is 264 g/mol. The molecule has 2 aromatic carbocycles. The van der Waals surface area contributed by atoms with Crippen molar-refractivity contribution in [2.45, 2.75) is 13.3 Å². The first-order valence-electron chi connectivity index (χ1n) is 5.70. The van der Waals surface area contributed by atoms with Crippen LogP contribution in [0, 0.1) is 24.4 Å². The van der Waals surface area contributed by atoms with E-state index in [1.54, 1.807) is 6.92 Å². The van der Waals surface area contributed by atoms with Crippen LogP contribution >= 0.6 is 0 Å². The predicted molar refractivity (Wildman–Crippen MR) is 65.5 cm³/mol. The molecule has 1 nitrogen and oxygen atoms in total. The fraction of sp³-hybridized carbons (Fsp3) is 0.133. The molecule has 0 aliphatic heterocycles. The number of halogens is 3. The van der Waals surface area contributed by atoms with Gasteiger partial charge in [-0.3, -0.25) is 4.79 Å². The second kappa shape index (κ2) is 5.26. The number of hydrogen-bond donors (Lipinski definition) is 0. The van der Waals surface area contributed by atoms with Crippen molar-refractivity contribution >= 4 is 5.78 Å². The third-order valence-electron chi connectivity index (χ3n) is 2.86. The summed E-state index contributed by atoms with van der Waals surface area (Å²) in [5.74, 6) is -2.37. The Morgan fingerprint density at radius 2 is 1.74 bits per heavy atom. The van der Waals surface area contributed by atoms with Crippen LogP contribution < -0.4 is 0 Å². The standard InChI is InChI=1S/C15H11F3O/c1-9-2-3-11(6-13(9)17)15(19)7-10-4-5-12(16)8-14(10)18/h2-6,8H,7H2,1H3. The number of aryl methyl sites for hydroxylation is 1. The summed E-state index contributed by atoms with van der Waals surface area (Å²) >= 11 is 0. The highest BCUT2D eigenvalue weighted by Crippen LogP contribution is 2.15. The highest BCUT2D eigenvalue weighted by Gasteiger charge is 2.12. The number of ketones is 1. The van der Waals surface area contributed by atoms with E-state index < -0.39 is 23.2 Å². The number of hydrogen-bond acceptors (Lipinski definition) is 1. The molecule has 0 bridgehead atoms. The fourth-order valence-electron chi connectivity index (χ4n) is 1.71. The van der Waals surface area contributed by atoms with E-state index in [0.717, 1.165) is 18.2 Å². The van der Waals surface area contributed by atoms with Crippen molar-refractivity contribution < 1.29 is 18.0 Å². The Kier molecular flexibility index (Phi) is 3.69. The van der Waals surface area contributed by atoms with Gasteiger partial charge in [0.05, 0.1) is 0 Å². The molecule has 0 N–H and O–H groups in total. The lowest BCUT2D eigenvalue weighted by Gasteiger charge is -2.04. The van der Waals surface area contributed by atoms with Crippen molar-refractivity contribution in [1.82, 2.24) is 0 Å². The summed E-state index contributed by atoms with van der Waals surface area (Å²) in [6.45, 7) is 1.59. The quantitative estimate of drug-likeness (QED) is 0.770. The molecule has 0 spiro atoms. The molecule has 0 atom stereocenters. The highest BCUT2D eigenvalue weighted by molar-refractivity contribution is 5.97. The van der Waals surface area contributed by atoms with Crippen LogP contribution in [0.15, 0.2) is 36.4 Å². The van der Waals surface area contributed by atoms with Gasteiger partial charge in [0.15, 0.2) is 5.78 Å². The maximum atomic E-state index is 13.4. The zero-order chi connectivity index (χ0) is 14.0. The Hall–Kier alpha value is -2.10. The van der Waals surface area contributed by atoms with Crippen LogP contribution in [0.2, 0.25) is 0 Å². The molecule has 0 aliphatic rings. The van der Waals surface area contributed by atoms with Gasteiger partial charge in [-0.25, -0.2) is 13.2 Å². The van der Waals surface area contributed by atoms with Crippen molar-refractivity contribution in [3.63, 3.8) is 0 Å². The minimum atomic E-state index is -0.777. The predicted octanol–water partition coefficient (Wildman–Crippen LogP) is 3.84. The van der Waals surface area contributed by atoms with Gasteiger partial charge in [0.2, 0.25) is 0 Å². The number of rotatable bonds is 3. The van der Waals surface area contributed by atoms with E-state index in [-0.39, 0.29) is 17.5 Å². The van der Waals surface area contributed by atoms with E-state index in [1.165, 1.54) is 18.2 Å². The lowest BCUT2D eigenvalue weighted by atomic mass is 10.0. The molecule has 2 aromatic rings. The van der Waals surface area contributed by atoms with E-state index in [0.29, 0.717) is 5.56 Å². The van der Waals surface area contributed by atoms with Crippen molar-refractivity contribution in [1.29, 1.82) is 0 Å². The second-order valence-corrected chi connectivity index (χ2v) is 4.30. The van der Waals surface area contributed by atoms with Crippen LogP contribution in [-0.2, 0) is 6.42 Å². The first kappa shape index (κ1) is 13.3. The lowest BCUT2D eigenvalue weighted by molar-refractivity contribution is 0.0991. The van der Waals surface area contributed by atoms with Gasteiger partial charge >= 0.3 is 0 Å². The maximum Gasteiger partial charge on any atom is 0.167 e. The molecule has 0 saturated heterocycles. The minimum absolute atomic E-state index is 0.0902. The van der Waals surface area contributed by atoms with Crippen molar-refractivity contribution in [3.05, 3.63) is 70.5 Å². The first-order valence-corrected chi connectivity index (χ1v) is 5.70. The molecular formula is C15H11F3O. The van der Waals surface area contributed by atoms with Crippen LogP contribution in [0.4, 0.5) is 13.2 Å². The summed E-state index contributed by atoms with van der Waals surface area (Å²) in [6.07, 6.45) is -0.228. The summed E-state index contributed by atoms with van der Waals surface area (Å²) in [4.78, 5) is 11.9. The molecular weight excluding hydrogens is 253 g/mol. The monoisotopic (exact) mass is 264 g/mol. The summed E-state index contributed by atoms with van der Waals surface area (Å²) in [5.41, 5.74) is 0.698. The van der Waals surface area contributed by atoms with Gasteiger partial charge in [0, 0.05) is 18.1 Å². The number of carbonyl (C=O) groups is 1. The Labute approximate surface area is 108 Å². The van der Waals surface area contributed by atoms with Crippen LogP contribution in [0.25, 0.3) is 0 Å². The summed E-state index contributed by atoms with van der Waals surface area (Å²) in [7, 11) is 0. The molecule has 0 aromatic heterocycles. The molecule has 0 heterocycles. The lowest BCUT2D eigenvalue weighted by Crippen LogP contribution is -2.06. The van der Waals surface area contributed by atoms with E-state index in [1.807, 2.05) is 0 Å². The molecule has 0 aliphatic carbocycles. The molecule has 0 saturated carbocycles. The average Bonchev–Trinajstić information content (AvgIpc) is 2.36. The van der Waals surface area contributed by atoms with Gasteiger partial charge in [-0.1, -0.05) is 18.2 Å². The van der Waals surface area contributed by atoms with Gasteiger partial charge in [-0.15, -0.1) is 0 Å². The highest BCUT2D eigenvalue weighted by atomic mass is 19.1. The topological polar surface area (TPSA) is 17.1 Å². The Bertz CT molecular complexity index is 635. The molecule has 4 heteroatoms. The van der Waals surface area contributed by atoms with Crippen LogP contribution in [-0.4, -0.2) is 5.78 Å². The fourth-order valence-corrected chi connectivity index (χ4v) is 1.71. The zero-order valence-corrected chi connectivity index (χ0v) is 10.2. The van der Waals surface area contributed by atoms with Crippen molar-refractivity contribution in [3.8, 4) is 0 Å². The third-order valence-corrected chi connectivity index (χ3v) is 2.86. The Morgan fingerprint density at radius 3 is 2.37 bits per heavy atom. The number of benzene rings is 2. The van der Waals surface area contributed by atoms with Gasteiger partial charge in [-0.2, -0.15) is 0 Å². The molecule has 0 unspecified atom stereocenters. The SMILES string of the molecule is Cc1ccc(C(=O)Cc2ccc(F)cc2F)cc1F. The summed E-state index contributed by atoms with van der Waals surface area (Å²) < 4.78 is 39.5. The largest absolute Gasteiger partial charge is 0.294 e. The summed E-state index contributed by atoms with van der Waals surface area (Å²) in [6, 6.07) is 7.12. The van der Waals surface area contributed by atoms with Crippen LogP contribution in [0.1, 0.15) is 21.5 Å². The maximum absolute atomic E-state index is 13.4. The second-order valence-electron chi connectivity index (χ2n) is 4.30. The Balaban J connectivity index is 2.23. The molecule has 0 fully saturated rings. The van der Waals surface area contributed by atoms with Gasteiger partial charge in [0.25, 0.3) is 0 Å². The van der Waals surface area contributed by atoms with E-state index in [2.05, 4.69) is 0 Å². The van der Waals surface area contributed by atoms with Crippen LogP contribution in [0.3, 0.4) is 0 Å². The zero-order valence-electron chi connectivity index (χ0n) is 10.2. The smallest absolute Gasteiger partial charge is 0.167 e. The third kappa shape index (κ3) is 3.02. The van der Waals surface area contributed by atoms with Crippen molar-refractivity contribution in [2.75, 3.05) is 0 Å². The minimum Gasteiger partial charge on any atom is -0.294 e. The molecule has 98 valence electrons. The number of Topliss-reactive ketones (excluding diaryl/α,β-unsaturated/α-hetero) is 1. The summed E-state index contributed by atoms with van der Waals surface area (Å²) in [5, 5.41) is 0. The van der Waals surface area contributed by atoms with E-state index >= 15 is 0 Å². The van der Waals surface area contributed by atoms with E-state index in [4.69, 9.17) is 0 Å². The van der Waals surface area contributed by atoms with E-state index in [9.17, 15) is 18.0 Å². The molecule has 19 heavy (non-hydrogen) atoms. The first-order chi connectivity index (χ1) is 8.97. The Morgan fingerprint density at radius 1 is 1.00 bits per heavy atom. The van der Waals surface area contributed by atoms with Gasteiger partial charge in [-0.05, 0) is 30.2 Å². The van der Waals surface area contributed by atoms with Crippen molar-refractivity contribution in [2.24, 2.45) is 0 Å². The molecule has 0 amide bonds. The molecule has 2 rings (SSSR count). The molecule has 0 radical (unpaired) electrons. The van der Waals surface area contributed by atoms with Gasteiger partial charge in [0.1, 0.15) is 17.5 Å². The number of carbonyl (C=O) groups excluding carboxylic acids is 1. The van der Waals surface area contributed by atoms with Gasteiger partial charge < -0.3 is 0 Å².